The number of ether oxygens (including phenoxy) is 1. The molecule has 6 nitrogen and oxygen atoms in total. The number of hydrogen-bond donors (Lipinski definition) is 2. The number of fused-ring (bicyclic) bond motifs is 1. The van der Waals surface area contributed by atoms with Crippen LogP contribution >= 0.6 is 23.2 Å². The number of benzene rings is 1. The van der Waals surface area contributed by atoms with Gasteiger partial charge in [0.1, 0.15) is 11.1 Å². The summed E-state index contributed by atoms with van der Waals surface area (Å²) in [6.07, 6.45) is 1.60. The molecule has 0 saturated carbocycles. The smallest absolute Gasteiger partial charge is 0.235 e. The van der Waals surface area contributed by atoms with E-state index in [0.717, 1.165) is 0 Å². The first kappa shape index (κ1) is 13.9. The van der Waals surface area contributed by atoms with Crippen LogP contribution in [0.4, 0.5) is 5.95 Å². The van der Waals surface area contributed by atoms with Crippen LogP contribution in [0, 0.1) is 0 Å². The van der Waals surface area contributed by atoms with Gasteiger partial charge in [0.2, 0.25) is 11.8 Å². The maximum absolute atomic E-state index is 6.11. The molecule has 0 fully saturated rings. The number of halogens is 2. The Morgan fingerprint density at radius 2 is 2.14 bits per heavy atom. The number of hydrogen-bond acceptors (Lipinski definition) is 5. The zero-order valence-electron chi connectivity index (χ0n) is 11.0. The first-order valence-electron chi connectivity index (χ1n) is 6.25. The highest BCUT2D eigenvalue weighted by atomic mass is 35.5. The third kappa shape index (κ3) is 2.86. The molecule has 0 amide bonds. The average Bonchev–Trinajstić information content (AvgIpc) is 2.91. The minimum Gasteiger partial charge on any atom is -0.436 e. The molecule has 108 valence electrons. The molecule has 21 heavy (non-hydrogen) atoms. The van der Waals surface area contributed by atoms with Gasteiger partial charge in [0.15, 0.2) is 5.65 Å². The number of H-pyrrole nitrogens is 1. The molecule has 0 unspecified atom stereocenters. The fourth-order valence-corrected chi connectivity index (χ4v) is 2.23. The number of aromatic amines is 1. The summed E-state index contributed by atoms with van der Waals surface area (Å²) in [4.78, 5) is 8.62. The fraction of sp³-hybridized carbons (Fsp3) is 0.154. The van der Waals surface area contributed by atoms with Gasteiger partial charge >= 0.3 is 0 Å². The average molecular weight is 324 g/mol. The van der Waals surface area contributed by atoms with E-state index in [-0.39, 0.29) is 0 Å². The van der Waals surface area contributed by atoms with Crippen molar-refractivity contribution in [2.24, 2.45) is 0 Å². The summed E-state index contributed by atoms with van der Waals surface area (Å²) < 4.78 is 5.78. The van der Waals surface area contributed by atoms with Gasteiger partial charge < -0.3 is 10.1 Å². The van der Waals surface area contributed by atoms with E-state index in [1.165, 1.54) is 0 Å². The van der Waals surface area contributed by atoms with Gasteiger partial charge in [-0.3, -0.25) is 5.10 Å². The Kier molecular flexibility index (Phi) is 3.81. The quantitative estimate of drug-likeness (QED) is 0.761. The number of aromatic nitrogens is 4. The van der Waals surface area contributed by atoms with Crippen LogP contribution in [0.25, 0.3) is 11.0 Å². The molecule has 0 atom stereocenters. The van der Waals surface area contributed by atoms with Gasteiger partial charge in [0.25, 0.3) is 0 Å². The van der Waals surface area contributed by atoms with Crippen molar-refractivity contribution in [2.45, 2.75) is 6.92 Å². The van der Waals surface area contributed by atoms with Crippen molar-refractivity contribution in [1.29, 1.82) is 0 Å². The lowest BCUT2D eigenvalue weighted by Gasteiger charge is -2.09. The Bertz CT molecular complexity index is 789. The van der Waals surface area contributed by atoms with Crippen molar-refractivity contribution in [3.8, 4) is 11.6 Å². The molecule has 2 heterocycles. The van der Waals surface area contributed by atoms with Crippen LogP contribution in [0.3, 0.4) is 0 Å². The molecule has 0 aliphatic carbocycles. The lowest BCUT2D eigenvalue weighted by Crippen LogP contribution is -2.03. The number of anilines is 1. The summed E-state index contributed by atoms with van der Waals surface area (Å²) >= 11 is 12.0. The number of rotatable bonds is 4. The van der Waals surface area contributed by atoms with E-state index in [1.54, 1.807) is 24.4 Å². The highest BCUT2D eigenvalue weighted by Crippen LogP contribution is 2.33. The van der Waals surface area contributed by atoms with Gasteiger partial charge in [0, 0.05) is 11.6 Å². The topological polar surface area (TPSA) is 75.7 Å². The van der Waals surface area contributed by atoms with E-state index >= 15 is 0 Å². The Morgan fingerprint density at radius 3 is 2.90 bits per heavy atom. The van der Waals surface area contributed by atoms with Crippen LogP contribution < -0.4 is 10.1 Å². The standard InChI is InChI=1S/C13H11Cl2N5O/c1-2-16-13-18-11-8(6-17-20-11)12(19-13)21-10-4-3-7(14)5-9(10)15/h3-6H,2H2,1H3,(H2,16,17,18,19,20). The maximum atomic E-state index is 6.11. The summed E-state index contributed by atoms with van der Waals surface area (Å²) in [5.41, 5.74) is 0.584. The Labute approximate surface area is 130 Å². The van der Waals surface area contributed by atoms with E-state index < -0.39 is 0 Å². The van der Waals surface area contributed by atoms with Crippen molar-refractivity contribution in [2.75, 3.05) is 11.9 Å². The summed E-state index contributed by atoms with van der Waals surface area (Å²) in [6.45, 7) is 2.65. The Hall–Kier alpha value is -2.05. The molecule has 0 bridgehead atoms. The molecule has 1 aromatic carbocycles. The van der Waals surface area contributed by atoms with Crippen LogP contribution in [0.1, 0.15) is 6.92 Å². The monoisotopic (exact) mass is 323 g/mol. The van der Waals surface area contributed by atoms with E-state index in [1.807, 2.05) is 6.92 Å². The second-order valence-electron chi connectivity index (χ2n) is 4.19. The lowest BCUT2D eigenvalue weighted by molar-refractivity contribution is 0.469. The predicted molar refractivity (Wildman–Crippen MR) is 82.4 cm³/mol. The van der Waals surface area contributed by atoms with Crippen molar-refractivity contribution >= 4 is 40.2 Å². The SMILES string of the molecule is CCNc1nc(Oc2ccc(Cl)cc2Cl)c2cn[nH]c2n1. The Morgan fingerprint density at radius 1 is 1.29 bits per heavy atom. The van der Waals surface area contributed by atoms with E-state index in [0.29, 0.717) is 45.2 Å². The van der Waals surface area contributed by atoms with Crippen LogP contribution in [0.2, 0.25) is 10.0 Å². The third-order valence-corrected chi connectivity index (χ3v) is 3.24. The third-order valence-electron chi connectivity index (χ3n) is 2.71. The number of nitrogens with zero attached hydrogens (tertiary/aromatic N) is 3. The largest absolute Gasteiger partial charge is 0.436 e. The molecule has 0 radical (unpaired) electrons. The first-order chi connectivity index (χ1) is 10.2. The molecule has 0 aliphatic heterocycles. The molecule has 8 heteroatoms. The minimum atomic E-state index is 0.369. The molecule has 3 aromatic rings. The van der Waals surface area contributed by atoms with Gasteiger partial charge in [-0.15, -0.1) is 0 Å². The van der Waals surface area contributed by atoms with Gasteiger partial charge in [-0.25, -0.2) is 0 Å². The molecular formula is C13H11Cl2N5O. The molecule has 3 rings (SSSR count). The molecule has 2 aromatic heterocycles. The van der Waals surface area contributed by atoms with Crippen molar-refractivity contribution in [3.05, 3.63) is 34.4 Å². The summed E-state index contributed by atoms with van der Waals surface area (Å²) in [6, 6.07) is 4.99. The maximum Gasteiger partial charge on any atom is 0.235 e. The second kappa shape index (κ2) is 5.75. The molecule has 2 N–H and O–H groups in total. The second-order valence-corrected chi connectivity index (χ2v) is 5.04. The van der Waals surface area contributed by atoms with Gasteiger partial charge in [-0.2, -0.15) is 15.1 Å². The highest BCUT2D eigenvalue weighted by molar-refractivity contribution is 6.35. The first-order valence-corrected chi connectivity index (χ1v) is 7.01. The molecule has 0 aliphatic rings. The lowest BCUT2D eigenvalue weighted by atomic mass is 10.3. The minimum absolute atomic E-state index is 0.369. The molecule has 0 spiro atoms. The van der Waals surface area contributed by atoms with Crippen molar-refractivity contribution < 1.29 is 4.74 Å². The van der Waals surface area contributed by atoms with Crippen LogP contribution in [0.15, 0.2) is 24.4 Å². The van der Waals surface area contributed by atoms with Crippen LogP contribution in [0.5, 0.6) is 11.6 Å². The van der Waals surface area contributed by atoms with E-state index in [9.17, 15) is 0 Å². The van der Waals surface area contributed by atoms with Crippen LogP contribution in [-0.4, -0.2) is 26.7 Å². The predicted octanol–water partition coefficient (Wildman–Crippen LogP) is 3.88. The van der Waals surface area contributed by atoms with Crippen molar-refractivity contribution in [3.63, 3.8) is 0 Å². The molecule has 0 saturated heterocycles. The zero-order valence-corrected chi connectivity index (χ0v) is 12.5. The van der Waals surface area contributed by atoms with Crippen molar-refractivity contribution in [1.82, 2.24) is 20.2 Å². The Balaban J connectivity index is 2.04. The zero-order chi connectivity index (χ0) is 14.8. The summed E-state index contributed by atoms with van der Waals surface area (Å²) in [7, 11) is 0. The van der Waals surface area contributed by atoms with E-state index in [2.05, 4.69) is 25.5 Å². The summed E-state index contributed by atoms with van der Waals surface area (Å²) in [5, 5.41) is 11.4. The number of nitrogens with one attached hydrogen (secondary N) is 2. The van der Waals surface area contributed by atoms with Gasteiger partial charge in [-0.1, -0.05) is 23.2 Å². The van der Waals surface area contributed by atoms with E-state index in [4.69, 9.17) is 27.9 Å². The summed E-state index contributed by atoms with van der Waals surface area (Å²) in [5.74, 6) is 1.29. The molecular weight excluding hydrogens is 313 g/mol. The normalized spacial score (nSPS) is 10.8. The fourth-order valence-electron chi connectivity index (χ4n) is 1.79. The highest BCUT2D eigenvalue weighted by Gasteiger charge is 2.13. The van der Waals surface area contributed by atoms with Gasteiger partial charge in [-0.05, 0) is 25.1 Å². The van der Waals surface area contributed by atoms with Gasteiger partial charge in [0.05, 0.1) is 11.2 Å². The van der Waals surface area contributed by atoms with Crippen LogP contribution in [-0.2, 0) is 0 Å².